The van der Waals surface area contributed by atoms with Crippen molar-refractivity contribution < 1.29 is 4.74 Å². The molecule has 1 aromatic heterocycles. The van der Waals surface area contributed by atoms with Crippen LogP contribution in [0.1, 0.15) is 17.0 Å². The molecule has 1 aromatic rings. The molecule has 3 rings (SSSR count). The fourth-order valence-electron chi connectivity index (χ4n) is 2.46. The van der Waals surface area contributed by atoms with Crippen molar-refractivity contribution in [3.8, 4) is 0 Å². The van der Waals surface area contributed by atoms with Crippen molar-refractivity contribution in [2.45, 2.75) is 19.5 Å². The van der Waals surface area contributed by atoms with Crippen molar-refractivity contribution >= 4 is 0 Å². The quantitative estimate of drug-likeness (QED) is 0.795. The molecule has 2 aliphatic rings. The van der Waals surface area contributed by atoms with Crippen LogP contribution < -0.4 is 5.32 Å². The maximum atomic E-state index is 5.35. The molecule has 2 aliphatic heterocycles. The zero-order valence-corrected chi connectivity index (χ0v) is 9.98. The Labute approximate surface area is 101 Å². The Morgan fingerprint density at radius 1 is 1.24 bits per heavy atom. The van der Waals surface area contributed by atoms with Crippen molar-refractivity contribution in [1.82, 2.24) is 20.2 Å². The lowest BCUT2D eigenvalue weighted by atomic mass is 10.1. The van der Waals surface area contributed by atoms with Crippen LogP contribution in [0.25, 0.3) is 0 Å². The van der Waals surface area contributed by atoms with Crippen LogP contribution >= 0.6 is 0 Å². The standard InChI is InChI=1S/C12H18N4O/c1(2-16-3-5-17-6-4-16)11-10-7-13-8-12(10)15-9-14-11/h9,13H,1-8H2. The van der Waals surface area contributed by atoms with E-state index in [1.54, 1.807) is 6.33 Å². The molecule has 1 saturated heterocycles. The van der Waals surface area contributed by atoms with Gasteiger partial charge in [0.2, 0.25) is 0 Å². The van der Waals surface area contributed by atoms with E-state index in [2.05, 4.69) is 20.2 Å². The summed E-state index contributed by atoms with van der Waals surface area (Å²) in [4.78, 5) is 11.2. The molecule has 0 aliphatic carbocycles. The number of nitrogens with one attached hydrogen (secondary N) is 1. The Balaban J connectivity index is 1.63. The highest BCUT2D eigenvalue weighted by Gasteiger charge is 2.17. The lowest BCUT2D eigenvalue weighted by Gasteiger charge is -2.26. The first kappa shape index (κ1) is 11.1. The number of fused-ring (bicyclic) bond motifs is 1. The molecule has 5 heteroatoms. The predicted octanol–water partition coefficient (Wildman–Crippen LogP) is -0.0455. The Morgan fingerprint density at radius 2 is 2.12 bits per heavy atom. The number of hydrogen-bond donors (Lipinski definition) is 1. The zero-order chi connectivity index (χ0) is 11.5. The van der Waals surface area contributed by atoms with Crippen LogP contribution in [0.3, 0.4) is 0 Å². The lowest BCUT2D eigenvalue weighted by molar-refractivity contribution is 0.0383. The number of hydrogen-bond acceptors (Lipinski definition) is 5. The molecule has 1 N–H and O–H groups in total. The molecule has 92 valence electrons. The molecular weight excluding hydrogens is 216 g/mol. The Kier molecular flexibility index (Phi) is 3.31. The molecule has 0 spiro atoms. The van der Waals surface area contributed by atoms with Gasteiger partial charge in [0.15, 0.2) is 0 Å². The van der Waals surface area contributed by atoms with Crippen molar-refractivity contribution in [3.63, 3.8) is 0 Å². The van der Waals surface area contributed by atoms with Crippen LogP contribution in [0, 0.1) is 0 Å². The van der Waals surface area contributed by atoms with Crippen LogP contribution in [0.2, 0.25) is 0 Å². The van der Waals surface area contributed by atoms with Crippen LogP contribution in [0.5, 0.6) is 0 Å². The number of morpholine rings is 1. The SMILES string of the molecule is c1nc(CCN2CCOCC2)c2c(n1)CNC2. The number of nitrogens with zero attached hydrogens (tertiary/aromatic N) is 3. The highest BCUT2D eigenvalue weighted by atomic mass is 16.5. The summed E-state index contributed by atoms with van der Waals surface area (Å²) in [5.74, 6) is 0. The van der Waals surface area contributed by atoms with Gasteiger partial charge < -0.3 is 10.1 Å². The molecule has 3 heterocycles. The second-order valence-corrected chi connectivity index (χ2v) is 4.55. The van der Waals surface area contributed by atoms with E-state index in [0.29, 0.717) is 0 Å². The van der Waals surface area contributed by atoms with Gasteiger partial charge >= 0.3 is 0 Å². The van der Waals surface area contributed by atoms with Crippen LogP contribution in [-0.4, -0.2) is 47.7 Å². The maximum Gasteiger partial charge on any atom is 0.116 e. The van der Waals surface area contributed by atoms with E-state index in [9.17, 15) is 0 Å². The molecule has 0 radical (unpaired) electrons. The van der Waals surface area contributed by atoms with Crippen LogP contribution in [0.15, 0.2) is 6.33 Å². The third-order valence-corrected chi connectivity index (χ3v) is 3.49. The molecule has 0 unspecified atom stereocenters. The first-order valence-corrected chi connectivity index (χ1v) is 6.26. The molecule has 1 fully saturated rings. The minimum absolute atomic E-state index is 0.865. The third kappa shape index (κ3) is 2.46. The van der Waals surface area contributed by atoms with Crippen molar-refractivity contribution in [1.29, 1.82) is 0 Å². The summed E-state index contributed by atoms with van der Waals surface area (Å²) in [6.45, 7) is 6.72. The van der Waals surface area contributed by atoms with Gasteiger partial charge in [-0.05, 0) is 0 Å². The van der Waals surface area contributed by atoms with Crippen molar-refractivity contribution in [2.24, 2.45) is 0 Å². The van der Waals surface area contributed by atoms with Crippen LogP contribution in [0.4, 0.5) is 0 Å². The molecular formula is C12H18N4O. The van der Waals surface area contributed by atoms with E-state index >= 15 is 0 Å². The molecule has 0 aromatic carbocycles. The second-order valence-electron chi connectivity index (χ2n) is 4.55. The van der Waals surface area contributed by atoms with Gasteiger partial charge in [-0.2, -0.15) is 0 Å². The summed E-state index contributed by atoms with van der Waals surface area (Å²) < 4.78 is 5.35. The normalized spacial score (nSPS) is 20.5. The van der Waals surface area contributed by atoms with Gasteiger partial charge in [0.25, 0.3) is 0 Å². The minimum Gasteiger partial charge on any atom is -0.379 e. The smallest absolute Gasteiger partial charge is 0.116 e. The van der Waals surface area contributed by atoms with Gasteiger partial charge in [-0.25, -0.2) is 9.97 Å². The molecule has 0 saturated carbocycles. The van der Waals surface area contributed by atoms with E-state index in [0.717, 1.165) is 52.4 Å². The van der Waals surface area contributed by atoms with Gasteiger partial charge in [-0.3, -0.25) is 4.90 Å². The topological polar surface area (TPSA) is 50.3 Å². The largest absolute Gasteiger partial charge is 0.379 e. The molecule has 5 nitrogen and oxygen atoms in total. The van der Waals surface area contributed by atoms with Gasteiger partial charge in [-0.15, -0.1) is 0 Å². The maximum absolute atomic E-state index is 5.35. The summed E-state index contributed by atoms with van der Waals surface area (Å²) >= 11 is 0. The highest BCUT2D eigenvalue weighted by molar-refractivity contribution is 5.28. The Bertz CT molecular complexity index is 390. The zero-order valence-electron chi connectivity index (χ0n) is 9.98. The first-order chi connectivity index (χ1) is 8.43. The van der Waals surface area contributed by atoms with E-state index in [4.69, 9.17) is 4.74 Å². The van der Waals surface area contributed by atoms with Gasteiger partial charge in [0.1, 0.15) is 6.33 Å². The van der Waals surface area contributed by atoms with Gasteiger partial charge in [0, 0.05) is 50.4 Å². The summed E-state index contributed by atoms with van der Waals surface area (Å²) in [5.41, 5.74) is 3.71. The summed E-state index contributed by atoms with van der Waals surface area (Å²) in [5, 5.41) is 3.33. The van der Waals surface area contributed by atoms with E-state index in [1.165, 1.54) is 17.0 Å². The number of ether oxygens (including phenoxy) is 1. The fraction of sp³-hybridized carbons (Fsp3) is 0.667. The summed E-state index contributed by atoms with van der Waals surface area (Å²) in [6.07, 6.45) is 2.72. The summed E-state index contributed by atoms with van der Waals surface area (Å²) in [7, 11) is 0. The monoisotopic (exact) mass is 234 g/mol. The van der Waals surface area contributed by atoms with Gasteiger partial charge in [0.05, 0.1) is 18.9 Å². The van der Waals surface area contributed by atoms with Crippen LogP contribution in [-0.2, 0) is 24.2 Å². The molecule has 0 amide bonds. The molecule has 0 atom stereocenters. The van der Waals surface area contributed by atoms with Crippen molar-refractivity contribution in [3.05, 3.63) is 23.3 Å². The number of aromatic nitrogens is 2. The Hall–Kier alpha value is -1.04. The molecule has 17 heavy (non-hydrogen) atoms. The Morgan fingerprint density at radius 3 is 3.00 bits per heavy atom. The average Bonchev–Trinajstić information content (AvgIpc) is 2.86. The third-order valence-electron chi connectivity index (χ3n) is 3.49. The van der Waals surface area contributed by atoms with Gasteiger partial charge in [-0.1, -0.05) is 0 Å². The lowest BCUT2D eigenvalue weighted by Crippen LogP contribution is -2.37. The fourth-order valence-corrected chi connectivity index (χ4v) is 2.46. The predicted molar refractivity (Wildman–Crippen MR) is 63.5 cm³/mol. The molecule has 0 bridgehead atoms. The van der Waals surface area contributed by atoms with E-state index < -0.39 is 0 Å². The number of rotatable bonds is 3. The van der Waals surface area contributed by atoms with E-state index in [-0.39, 0.29) is 0 Å². The van der Waals surface area contributed by atoms with Crippen molar-refractivity contribution in [2.75, 3.05) is 32.8 Å². The second kappa shape index (κ2) is 5.08. The summed E-state index contributed by atoms with van der Waals surface area (Å²) in [6, 6.07) is 0. The highest BCUT2D eigenvalue weighted by Crippen LogP contribution is 2.16. The average molecular weight is 234 g/mol. The minimum atomic E-state index is 0.865. The van der Waals surface area contributed by atoms with E-state index in [1.807, 2.05) is 0 Å². The first-order valence-electron chi connectivity index (χ1n) is 6.26.